The number of carbonyl (C=O) groups excluding carboxylic acids is 3. The number of carbonyl (C=O) groups is 3. The second-order valence-corrected chi connectivity index (χ2v) is 6.00. The van der Waals surface area contributed by atoms with Gasteiger partial charge in [0.2, 0.25) is 0 Å². The maximum atomic E-state index is 12.4. The number of halogens is 2. The van der Waals surface area contributed by atoms with E-state index in [2.05, 4.69) is 10.6 Å². The number of benzene rings is 1. The van der Waals surface area contributed by atoms with Crippen LogP contribution in [0.2, 0.25) is 10.0 Å². The van der Waals surface area contributed by atoms with Crippen LogP contribution in [-0.2, 0) is 4.79 Å². The van der Waals surface area contributed by atoms with Crippen LogP contribution in [0, 0.1) is 0 Å². The second kappa shape index (κ2) is 4.89. The number of rotatable bonds is 1. The molecule has 8 heteroatoms. The standard InChI is InChI=1S/C13H11Cl2N3O3/c14-8-3-7(4-9(15)5-8)10(19)18-2-1-13(6-18)11(20)16-12(21)17-13/h3-5H,1-2,6H2,(H2,16,17,20,21). The van der Waals surface area contributed by atoms with Crippen LogP contribution in [0.25, 0.3) is 0 Å². The molecule has 1 atom stereocenters. The summed E-state index contributed by atoms with van der Waals surface area (Å²) < 4.78 is 0. The van der Waals surface area contributed by atoms with Crippen LogP contribution in [0.15, 0.2) is 18.2 Å². The number of amides is 4. The van der Waals surface area contributed by atoms with Crippen molar-refractivity contribution < 1.29 is 14.4 Å². The van der Waals surface area contributed by atoms with Gasteiger partial charge in [-0.2, -0.15) is 0 Å². The lowest BCUT2D eigenvalue weighted by molar-refractivity contribution is -0.123. The van der Waals surface area contributed by atoms with Crippen molar-refractivity contribution in [2.24, 2.45) is 0 Å². The van der Waals surface area contributed by atoms with Gasteiger partial charge in [-0.1, -0.05) is 23.2 Å². The highest BCUT2D eigenvalue weighted by atomic mass is 35.5. The number of nitrogens with zero attached hydrogens (tertiary/aromatic N) is 1. The number of imide groups is 1. The van der Waals surface area contributed by atoms with Gasteiger partial charge in [-0.15, -0.1) is 0 Å². The molecule has 1 aromatic rings. The Morgan fingerprint density at radius 1 is 1.19 bits per heavy atom. The largest absolute Gasteiger partial charge is 0.336 e. The minimum absolute atomic E-state index is 0.132. The predicted molar refractivity (Wildman–Crippen MR) is 76.4 cm³/mol. The molecule has 1 spiro atoms. The fourth-order valence-electron chi connectivity index (χ4n) is 2.66. The molecular formula is C13H11Cl2N3O3. The van der Waals surface area contributed by atoms with Crippen molar-refractivity contribution >= 4 is 41.0 Å². The molecule has 0 radical (unpaired) electrons. The molecule has 0 aromatic heterocycles. The van der Waals surface area contributed by atoms with E-state index >= 15 is 0 Å². The third kappa shape index (κ3) is 2.45. The molecule has 110 valence electrons. The Morgan fingerprint density at radius 2 is 1.86 bits per heavy atom. The summed E-state index contributed by atoms with van der Waals surface area (Å²) in [5.41, 5.74) is -0.663. The van der Waals surface area contributed by atoms with Gasteiger partial charge in [0.15, 0.2) is 0 Å². The fourth-order valence-corrected chi connectivity index (χ4v) is 3.18. The molecule has 2 saturated heterocycles. The highest BCUT2D eigenvalue weighted by Gasteiger charge is 2.51. The number of nitrogens with one attached hydrogen (secondary N) is 2. The molecular weight excluding hydrogens is 317 g/mol. The summed E-state index contributed by atoms with van der Waals surface area (Å²) in [4.78, 5) is 37.1. The average Bonchev–Trinajstić information content (AvgIpc) is 2.93. The smallest absolute Gasteiger partial charge is 0.322 e. The molecule has 2 aliphatic rings. The molecule has 2 aliphatic heterocycles. The first-order valence-electron chi connectivity index (χ1n) is 6.29. The average molecular weight is 328 g/mol. The van der Waals surface area contributed by atoms with E-state index in [0.29, 0.717) is 28.6 Å². The summed E-state index contributed by atoms with van der Waals surface area (Å²) >= 11 is 11.8. The zero-order chi connectivity index (χ0) is 15.2. The van der Waals surface area contributed by atoms with E-state index in [4.69, 9.17) is 23.2 Å². The molecule has 2 heterocycles. The Balaban J connectivity index is 1.81. The zero-order valence-electron chi connectivity index (χ0n) is 10.8. The lowest BCUT2D eigenvalue weighted by Crippen LogP contribution is -2.49. The molecule has 6 nitrogen and oxygen atoms in total. The Morgan fingerprint density at radius 3 is 2.43 bits per heavy atom. The lowest BCUT2D eigenvalue weighted by Gasteiger charge is -2.21. The van der Waals surface area contributed by atoms with E-state index in [9.17, 15) is 14.4 Å². The van der Waals surface area contributed by atoms with Crippen LogP contribution in [0.4, 0.5) is 4.79 Å². The normalized spacial score (nSPS) is 24.4. The van der Waals surface area contributed by atoms with Gasteiger partial charge in [0.1, 0.15) is 5.54 Å². The summed E-state index contributed by atoms with van der Waals surface area (Å²) in [7, 11) is 0. The summed E-state index contributed by atoms with van der Waals surface area (Å²) in [6.45, 7) is 0.504. The molecule has 4 amide bonds. The van der Waals surface area contributed by atoms with Gasteiger partial charge in [0.05, 0.1) is 6.54 Å². The van der Waals surface area contributed by atoms with E-state index in [1.165, 1.54) is 23.1 Å². The predicted octanol–water partition coefficient (Wildman–Crippen LogP) is 1.42. The summed E-state index contributed by atoms with van der Waals surface area (Å²) in [6.07, 6.45) is 0.380. The molecule has 1 aromatic carbocycles. The topological polar surface area (TPSA) is 78.5 Å². The van der Waals surface area contributed by atoms with Crippen molar-refractivity contribution in [2.75, 3.05) is 13.1 Å². The van der Waals surface area contributed by atoms with Crippen molar-refractivity contribution in [1.82, 2.24) is 15.5 Å². The summed E-state index contributed by atoms with van der Waals surface area (Å²) in [6, 6.07) is 4.05. The molecule has 3 rings (SSSR count). The SMILES string of the molecule is O=C1NC(=O)C2(CCN(C(=O)c3cc(Cl)cc(Cl)c3)C2)N1. The van der Waals surface area contributed by atoms with Gasteiger partial charge in [0.25, 0.3) is 11.8 Å². The third-order valence-electron chi connectivity index (χ3n) is 3.68. The van der Waals surface area contributed by atoms with Gasteiger partial charge in [-0.05, 0) is 24.6 Å². The van der Waals surface area contributed by atoms with Crippen molar-refractivity contribution in [1.29, 1.82) is 0 Å². The maximum Gasteiger partial charge on any atom is 0.322 e. The first-order chi connectivity index (χ1) is 9.89. The number of hydrogen-bond donors (Lipinski definition) is 2. The lowest BCUT2D eigenvalue weighted by atomic mass is 9.99. The van der Waals surface area contributed by atoms with E-state index in [-0.39, 0.29) is 12.5 Å². The molecule has 2 N–H and O–H groups in total. The molecule has 1 unspecified atom stereocenters. The highest BCUT2D eigenvalue weighted by molar-refractivity contribution is 6.35. The minimum atomic E-state index is -1.02. The fraction of sp³-hybridized carbons (Fsp3) is 0.308. The Hall–Kier alpha value is -1.79. The highest BCUT2D eigenvalue weighted by Crippen LogP contribution is 2.27. The summed E-state index contributed by atoms with van der Waals surface area (Å²) in [5, 5.41) is 5.52. The van der Waals surface area contributed by atoms with Crippen molar-refractivity contribution in [2.45, 2.75) is 12.0 Å². The van der Waals surface area contributed by atoms with Crippen LogP contribution in [-0.4, -0.2) is 41.4 Å². The zero-order valence-corrected chi connectivity index (χ0v) is 12.3. The number of urea groups is 1. The van der Waals surface area contributed by atoms with Crippen LogP contribution in [0.1, 0.15) is 16.8 Å². The molecule has 21 heavy (non-hydrogen) atoms. The van der Waals surface area contributed by atoms with E-state index < -0.39 is 17.5 Å². The second-order valence-electron chi connectivity index (χ2n) is 5.13. The van der Waals surface area contributed by atoms with Crippen LogP contribution in [0.5, 0.6) is 0 Å². The van der Waals surface area contributed by atoms with Crippen molar-refractivity contribution in [3.05, 3.63) is 33.8 Å². The van der Waals surface area contributed by atoms with Gasteiger partial charge < -0.3 is 10.2 Å². The van der Waals surface area contributed by atoms with Gasteiger partial charge in [-0.25, -0.2) is 4.79 Å². The first kappa shape index (κ1) is 14.2. The van der Waals surface area contributed by atoms with Crippen LogP contribution < -0.4 is 10.6 Å². The quantitative estimate of drug-likeness (QED) is 0.765. The molecule has 0 bridgehead atoms. The van der Waals surface area contributed by atoms with Crippen LogP contribution in [0.3, 0.4) is 0 Å². The maximum absolute atomic E-state index is 12.4. The van der Waals surface area contributed by atoms with E-state index in [0.717, 1.165) is 0 Å². The Bertz CT molecular complexity index is 644. The molecule has 0 saturated carbocycles. The van der Waals surface area contributed by atoms with Gasteiger partial charge >= 0.3 is 6.03 Å². The summed E-state index contributed by atoms with van der Waals surface area (Å²) in [5.74, 6) is -0.669. The van der Waals surface area contributed by atoms with Crippen molar-refractivity contribution in [3.63, 3.8) is 0 Å². The minimum Gasteiger partial charge on any atom is -0.336 e. The van der Waals surface area contributed by atoms with E-state index in [1.807, 2.05) is 0 Å². The van der Waals surface area contributed by atoms with Gasteiger partial charge in [-0.3, -0.25) is 14.9 Å². The third-order valence-corrected chi connectivity index (χ3v) is 4.12. The van der Waals surface area contributed by atoms with Crippen molar-refractivity contribution in [3.8, 4) is 0 Å². The molecule has 2 fully saturated rings. The Labute approximate surface area is 130 Å². The van der Waals surface area contributed by atoms with Crippen LogP contribution >= 0.6 is 23.2 Å². The van der Waals surface area contributed by atoms with E-state index in [1.54, 1.807) is 0 Å². The number of likely N-dealkylation sites (tertiary alicyclic amines) is 1. The Kier molecular flexibility index (Phi) is 3.30. The molecule has 0 aliphatic carbocycles. The van der Waals surface area contributed by atoms with Gasteiger partial charge in [0, 0.05) is 22.2 Å². The monoisotopic (exact) mass is 327 g/mol. The first-order valence-corrected chi connectivity index (χ1v) is 7.04. The number of hydrogen-bond acceptors (Lipinski definition) is 3.